The van der Waals surface area contributed by atoms with E-state index in [1.807, 2.05) is 11.9 Å². The minimum atomic E-state index is -0.138. The van der Waals surface area contributed by atoms with Gasteiger partial charge in [-0.2, -0.15) is 5.26 Å². The SMILES string of the molecule is CN(C(=O)c1ccc(C#N)cc1)C1C[C@H]2CC(O)C[C@H]2C1. The van der Waals surface area contributed by atoms with E-state index in [-0.39, 0.29) is 18.1 Å². The third-order valence-electron chi connectivity index (χ3n) is 5.09. The Labute approximate surface area is 125 Å². The van der Waals surface area contributed by atoms with E-state index in [9.17, 15) is 9.90 Å². The fourth-order valence-corrected chi connectivity index (χ4v) is 3.93. The molecule has 110 valence electrons. The van der Waals surface area contributed by atoms with Crippen LogP contribution in [-0.4, -0.2) is 35.1 Å². The average molecular weight is 284 g/mol. The van der Waals surface area contributed by atoms with Crippen LogP contribution in [0.1, 0.15) is 41.6 Å². The number of aliphatic hydroxyl groups is 1. The zero-order valence-electron chi connectivity index (χ0n) is 12.2. The van der Waals surface area contributed by atoms with Gasteiger partial charge in [0.2, 0.25) is 0 Å². The van der Waals surface area contributed by atoms with Gasteiger partial charge in [-0.15, -0.1) is 0 Å². The molecular formula is C17H20N2O2. The fraction of sp³-hybridized carbons (Fsp3) is 0.529. The van der Waals surface area contributed by atoms with Crippen LogP contribution < -0.4 is 0 Å². The fourth-order valence-electron chi connectivity index (χ4n) is 3.93. The molecule has 1 aromatic carbocycles. The molecular weight excluding hydrogens is 264 g/mol. The van der Waals surface area contributed by atoms with Gasteiger partial charge in [0.25, 0.3) is 5.91 Å². The summed E-state index contributed by atoms with van der Waals surface area (Å²) in [6.07, 6.45) is 3.64. The molecule has 4 heteroatoms. The summed E-state index contributed by atoms with van der Waals surface area (Å²) in [7, 11) is 1.86. The second-order valence-electron chi connectivity index (χ2n) is 6.38. The van der Waals surface area contributed by atoms with Gasteiger partial charge in [-0.3, -0.25) is 4.79 Å². The normalized spacial score (nSPS) is 30.7. The third kappa shape index (κ3) is 2.66. The first kappa shape index (κ1) is 14.1. The number of nitriles is 1. The van der Waals surface area contributed by atoms with E-state index in [1.165, 1.54) is 0 Å². The predicted molar refractivity (Wildman–Crippen MR) is 78.5 cm³/mol. The molecule has 0 saturated heterocycles. The third-order valence-corrected chi connectivity index (χ3v) is 5.09. The maximum absolute atomic E-state index is 12.5. The van der Waals surface area contributed by atoms with Crippen molar-refractivity contribution in [1.82, 2.24) is 4.90 Å². The van der Waals surface area contributed by atoms with Gasteiger partial charge in [0.15, 0.2) is 0 Å². The van der Waals surface area contributed by atoms with Crippen molar-refractivity contribution in [3.63, 3.8) is 0 Å². The summed E-state index contributed by atoms with van der Waals surface area (Å²) < 4.78 is 0. The lowest BCUT2D eigenvalue weighted by Crippen LogP contribution is -2.36. The van der Waals surface area contributed by atoms with Crippen molar-refractivity contribution in [1.29, 1.82) is 5.26 Å². The van der Waals surface area contributed by atoms with Gasteiger partial charge in [-0.05, 0) is 61.8 Å². The Balaban J connectivity index is 1.67. The van der Waals surface area contributed by atoms with E-state index in [4.69, 9.17) is 5.26 Å². The van der Waals surface area contributed by atoms with Crippen LogP contribution in [0, 0.1) is 23.2 Å². The Bertz CT molecular complexity index is 561. The first-order valence-corrected chi connectivity index (χ1v) is 7.54. The molecule has 2 aliphatic rings. The van der Waals surface area contributed by atoms with Crippen molar-refractivity contribution in [2.45, 2.75) is 37.8 Å². The van der Waals surface area contributed by atoms with Crippen molar-refractivity contribution < 1.29 is 9.90 Å². The van der Waals surface area contributed by atoms with Crippen LogP contribution in [-0.2, 0) is 0 Å². The number of carbonyl (C=O) groups is 1. The highest BCUT2D eigenvalue weighted by molar-refractivity contribution is 5.94. The molecule has 2 unspecified atom stereocenters. The van der Waals surface area contributed by atoms with Gasteiger partial charge in [0.1, 0.15) is 0 Å². The summed E-state index contributed by atoms with van der Waals surface area (Å²) in [5.74, 6) is 1.16. The molecule has 0 aliphatic heterocycles. The number of nitrogens with zero attached hydrogens (tertiary/aromatic N) is 2. The van der Waals surface area contributed by atoms with Gasteiger partial charge >= 0.3 is 0 Å². The predicted octanol–water partition coefficient (Wildman–Crippen LogP) is 2.18. The first-order chi connectivity index (χ1) is 10.1. The van der Waals surface area contributed by atoms with E-state index in [0.29, 0.717) is 23.0 Å². The van der Waals surface area contributed by atoms with Gasteiger partial charge in [-0.25, -0.2) is 0 Å². The molecule has 1 aromatic rings. The average Bonchev–Trinajstić information content (AvgIpc) is 3.03. The Morgan fingerprint density at radius 1 is 1.19 bits per heavy atom. The number of aliphatic hydroxyl groups excluding tert-OH is 1. The largest absolute Gasteiger partial charge is 0.393 e. The quantitative estimate of drug-likeness (QED) is 0.905. The molecule has 0 radical (unpaired) electrons. The van der Waals surface area contributed by atoms with Crippen LogP contribution in [0.5, 0.6) is 0 Å². The standard InChI is InChI=1S/C17H20N2O2/c1-19(15-6-13-8-16(20)9-14(13)7-15)17(21)12-4-2-11(10-18)3-5-12/h2-5,13-16,20H,6-9H2,1H3/t13-,14+,15?,16?. The summed E-state index contributed by atoms with van der Waals surface area (Å²) in [6.45, 7) is 0. The molecule has 0 heterocycles. The lowest BCUT2D eigenvalue weighted by Gasteiger charge is -2.25. The van der Waals surface area contributed by atoms with E-state index < -0.39 is 0 Å². The molecule has 0 aromatic heterocycles. The summed E-state index contributed by atoms with van der Waals surface area (Å²) in [6, 6.07) is 9.13. The highest BCUT2D eigenvalue weighted by atomic mass is 16.3. The number of amides is 1. The zero-order valence-corrected chi connectivity index (χ0v) is 12.2. The Morgan fingerprint density at radius 3 is 2.29 bits per heavy atom. The summed E-state index contributed by atoms with van der Waals surface area (Å²) in [5, 5.41) is 18.5. The van der Waals surface area contributed by atoms with Crippen LogP contribution >= 0.6 is 0 Å². The topological polar surface area (TPSA) is 64.3 Å². The Morgan fingerprint density at radius 2 is 1.76 bits per heavy atom. The summed E-state index contributed by atoms with van der Waals surface area (Å²) >= 11 is 0. The maximum atomic E-state index is 12.5. The van der Waals surface area contributed by atoms with Crippen LogP contribution in [0.3, 0.4) is 0 Å². The molecule has 4 atom stereocenters. The molecule has 1 N–H and O–H groups in total. The maximum Gasteiger partial charge on any atom is 0.253 e. The van der Waals surface area contributed by atoms with Crippen LogP contribution in [0.25, 0.3) is 0 Å². The molecule has 0 bridgehead atoms. The second kappa shape index (κ2) is 5.50. The molecule has 0 spiro atoms. The minimum absolute atomic E-state index is 0.0185. The van der Waals surface area contributed by atoms with Crippen LogP contribution in [0.4, 0.5) is 0 Å². The molecule has 2 saturated carbocycles. The van der Waals surface area contributed by atoms with Gasteiger partial charge in [0.05, 0.1) is 17.7 Å². The summed E-state index contributed by atoms with van der Waals surface area (Å²) in [5.41, 5.74) is 1.20. The second-order valence-corrected chi connectivity index (χ2v) is 6.38. The van der Waals surface area contributed by atoms with E-state index in [0.717, 1.165) is 25.7 Å². The number of hydrogen-bond donors (Lipinski definition) is 1. The molecule has 3 rings (SSSR count). The zero-order chi connectivity index (χ0) is 15.0. The highest BCUT2D eigenvalue weighted by Gasteiger charge is 2.43. The van der Waals surface area contributed by atoms with Gasteiger partial charge in [0, 0.05) is 18.7 Å². The van der Waals surface area contributed by atoms with Crippen molar-refractivity contribution in [2.75, 3.05) is 7.05 Å². The lowest BCUT2D eigenvalue weighted by atomic mass is 10.0. The number of carbonyl (C=O) groups excluding carboxylic acids is 1. The van der Waals surface area contributed by atoms with Crippen molar-refractivity contribution in [3.05, 3.63) is 35.4 Å². The van der Waals surface area contributed by atoms with Crippen LogP contribution in [0.15, 0.2) is 24.3 Å². The summed E-state index contributed by atoms with van der Waals surface area (Å²) in [4.78, 5) is 14.3. The van der Waals surface area contributed by atoms with Crippen molar-refractivity contribution in [3.8, 4) is 6.07 Å². The molecule has 21 heavy (non-hydrogen) atoms. The highest BCUT2D eigenvalue weighted by Crippen LogP contribution is 2.45. The number of benzene rings is 1. The Hall–Kier alpha value is -1.86. The smallest absolute Gasteiger partial charge is 0.253 e. The number of fused-ring (bicyclic) bond motifs is 1. The number of rotatable bonds is 2. The molecule has 2 fully saturated rings. The first-order valence-electron chi connectivity index (χ1n) is 7.54. The monoisotopic (exact) mass is 284 g/mol. The molecule has 4 nitrogen and oxygen atoms in total. The minimum Gasteiger partial charge on any atom is -0.393 e. The molecule has 2 aliphatic carbocycles. The van der Waals surface area contributed by atoms with Gasteiger partial charge < -0.3 is 10.0 Å². The van der Waals surface area contributed by atoms with Crippen molar-refractivity contribution in [2.24, 2.45) is 11.8 Å². The Kier molecular flexibility index (Phi) is 3.69. The van der Waals surface area contributed by atoms with Crippen LogP contribution in [0.2, 0.25) is 0 Å². The lowest BCUT2D eigenvalue weighted by molar-refractivity contribution is 0.0722. The van der Waals surface area contributed by atoms with Crippen molar-refractivity contribution >= 4 is 5.91 Å². The van der Waals surface area contributed by atoms with E-state index in [2.05, 4.69) is 6.07 Å². The van der Waals surface area contributed by atoms with Gasteiger partial charge in [-0.1, -0.05) is 0 Å². The van der Waals surface area contributed by atoms with E-state index in [1.54, 1.807) is 24.3 Å². The molecule has 1 amide bonds. The number of hydrogen-bond acceptors (Lipinski definition) is 3. The van der Waals surface area contributed by atoms with E-state index >= 15 is 0 Å².